The normalized spacial score (nSPS) is 26.3. The van der Waals surface area contributed by atoms with Crippen molar-refractivity contribution in [2.45, 2.75) is 44.2 Å². The quantitative estimate of drug-likeness (QED) is 0.359. The average Bonchev–Trinajstić information content (AvgIpc) is 3.17. The summed E-state index contributed by atoms with van der Waals surface area (Å²) in [6.45, 7) is 1.79. The molecule has 3 rings (SSSR count). The SMILES string of the molecule is CC(N)CCNP(=O)(O)OC[C@H]1O[C@@H](n2cnc3c(N)ncnc32)C[C@@H]1O. The van der Waals surface area contributed by atoms with Crippen molar-refractivity contribution in [3.05, 3.63) is 12.7 Å². The van der Waals surface area contributed by atoms with Gasteiger partial charge < -0.3 is 26.2 Å². The fourth-order valence-electron chi connectivity index (χ4n) is 2.77. The van der Waals surface area contributed by atoms with Crippen LogP contribution in [-0.2, 0) is 13.8 Å². The summed E-state index contributed by atoms with van der Waals surface area (Å²) in [5, 5.41) is 12.7. The molecule has 0 amide bonds. The van der Waals surface area contributed by atoms with Crippen LogP contribution in [0.25, 0.3) is 11.2 Å². The van der Waals surface area contributed by atoms with Crippen molar-refractivity contribution in [3.63, 3.8) is 0 Å². The van der Waals surface area contributed by atoms with E-state index in [1.165, 1.54) is 12.7 Å². The first-order valence-corrected chi connectivity index (χ1v) is 10.1. The molecule has 0 aromatic carbocycles. The third-order valence-corrected chi connectivity index (χ3v) is 5.35. The number of fused-ring (bicyclic) bond motifs is 1. The summed E-state index contributed by atoms with van der Waals surface area (Å²) in [5.74, 6) is 0.247. The first kappa shape index (κ1) is 20.1. The highest BCUT2D eigenvalue weighted by Gasteiger charge is 2.37. The van der Waals surface area contributed by atoms with Gasteiger partial charge in [-0.05, 0) is 13.3 Å². The predicted octanol–water partition coefficient (Wildman–Crippen LogP) is -0.499. The van der Waals surface area contributed by atoms with E-state index < -0.39 is 26.2 Å². The molecule has 7 N–H and O–H groups in total. The number of nitrogens with zero attached hydrogens (tertiary/aromatic N) is 4. The van der Waals surface area contributed by atoms with Crippen LogP contribution in [0.4, 0.5) is 5.82 Å². The number of nitrogens with one attached hydrogen (secondary N) is 1. The Morgan fingerprint density at radius 3 is 3.04 bits per heavy atom. The van der Waals surface area contributed by atoms with Crippen molar-refractivity contribution in [3.8, 4) is 0 Å². The minimum Gasteiger partial charge on any atom is -0.390 e. The summed E-state index contributed by atoms with van der Waals surface area (Å²) in [5.41, 5.74) is 12.3. The van der Waals surface area contributed by atoms with Crippen LogP contribution in [0.1, 0.15) is 26.0 Å². The number of rotatable bonds is 8. The van der Waals surface area contributed by atoms with Gasteiger partial charge in [0.15, 0.2) is 11.5 Å². The predicted molar refractivity (Wildman–Crippen MR) is 96.3 cm³/mol. The highest BCUT2D eigenvalue weighted by molar-refractivity contribution is 7.50. The number of hydrogen-bond donors (Lipinski definition) is 5. The Morgan fingerprint density at radius 2 is 2.30 bits per heavy atom. The van der Waals surface area contributed by atoms with Crippen molar-refractivity contribution in [2.24, 2.45) is 5.73 Å². The molecule has 0 saturated carbocycles. The monoisotopic (exact) mass is 401 g/mol. The molecule has 13 heteroatoms. The molecule has 1 fully saturated rings. The Hall–Kier alpha value is -1.66. The van der Waals surface area contributed by atoms with E-state index in [0.717, 1.165) is 0 Å². The summed E-state index contributed by atoms with van der Waals surface area (Å²) >= 11 is 0. The van der Waals surface area contributed by atoms with Gasteiger partial charge in [0, 0.05) is 19.0 Å². The highest BCUT2D eigenvalue weighted by Crippen LogP contribution is 2.39. The topological polar surface area (TPSA) is 184 Å². The zero-order valence-corrected chi connectivity index (χ0v) is 15.7. The first-order chi connectivity index (χ1) is 12.8. The Kier molecular flexibility index (Phi) is 6.06. The highest BCUT2D eigenvalue weighted by atomic mass is 31.2. The molecule has 2 unspecified atom stereocenters. The summed E-state index contributed by atoms with van der Waals surface area (Å²) in [7, 11) is -4.01. The van der Waals surface area contributed by atoms with E-state index in [-0.39, 0.29) is 31.4 Å². The molecule has 0 spiro atoms. The molecule has 1 aliphatic heterocycles. The van der Waals surface area contributed by atoms with Gasteiger partial charge in [0.25, 0.3) is 0 Å². The maximum absolute atomic E-state index is 12.0. The molecule has 1 aliphatic rings. The summed E-state index contributed by atoms with van der Waals surface area (Å²) in [6.07, 6.45) is 1.38. The van der Waals surface area contributed by atoms with Gasteiger partial charge >= 0.3 is 7.75 Å². The van der Waals surface area contributed by atoms with Gasteiger partial charge in [-0.1, -0.05) is 0 Å². The lowest BCUT2D eigenvalue weighted by Gasteiger charge is -2.19. The fourth-order valence-corrected chi connectivity index (χ4v) is 3.62. The summed E-state index contributed by atoms with van der Waals surface area (Å²) in [6, 6.07) is -0.0962. The molecule has 3 heterocycles. The Labute approximate surface area is 155 Å². The summed E-state index contributed by atoms with van der Waals surface area (Å²) < 4.78 is 24.4. The van der Waals surface area contributed by atoms with E-state index in [1.807, 2.05) is 0 Å². The molecule has 150 valence electrons. The zero-order valence-electron chi connectivity index (χ0n) is 14.8. The van der Waals surface area contributed by atoms with Crippen LogP contribution in [0.5, 0.6) is 0 Å². The van der Waals surface area contributed by atoms with Gasteiger partial charge in [-0.15, -0.1) is 0 Å². The number of imidazole rings is 1. The van der Waals surface area contributed by atoms with E-state index in [0.29, 0.717) is 17.6 Å². The number of aliphatic hydroxyl groups excluding tert-OH is 1. The number of aromatic nitrogens is 4. The zero-order chi connectivity index (χ0) is 19.6. The maximum Gasteiger partial charge on any atom is 0.403 e. The van der Waals surface area contributed by atoms with E-state index in [2.05, 4.69) is 20.0 Å². The van der Waals surface area contributed by atoms with Crippen LogP contribution >= 0.6 is 7.75 Å². The largest absolute Gasteiger partial charge is 0.403 e. The minimum atomic E-state index is -4.01. The Balaban J connectivity index is 1.59. The molecule has 2 aromatic heterocycles. The lowest BCUT2D eigenvalue weighted by atomic mass is 10.2. The third-order valence-electron chi connectivity index (χ3n) is 4.23. The first-order valence-electron chi connectivity index (χ1n) is 8.51. The van der Waals surface area contributed by atoms with Crippen molar-refractivity contribution in [1.29, 1.82) is 0 Å². The number of ether oxygens (including phenoxy) is 1. The second-order valence-corrected chi connectivity index (χ2v) is 8.12. The second kappa shape index (κ2) is 8.15. The van der Waals surface area contributed by atoms with E-state index in [1.54, 1.807) is 11.5 Å². The molecule has 0 aliphatic carbocycles. The molecular weight excluding hydrogens is 377 g/mol. The van der Waals surface area contributed by atoms with Crippen molar-refractivity contribution in [1.82, 2.24) is 24.6 Å². The number of nitrogens with two attached hydrogens (primary N) is 2. The molecule has 0 radical (unpaired) electrons. The van der Waals surface area contributed by atoms with Gasteiger partial charge in [0.1, 0.15) is 24.2 Å². The molecule has 5 atom stereocenters. The number of aliphatic hydroxyl groups is 1. The third kappa shape index (κ3) is 4.79. The summed E-state index contributed by atoms with van der Waals surface area (Å²) in [4.78, 5) is 22.0. The van der Waals surface area contributed by atoms with Crippen LogP contribution in [0.3, 0.4) is 0 Å². The maximum atomic E-state index is 12.0. The van der Waals surface area contributed by atoms with Gasteiger partial charge in [0.05, 0.1) is 19.0 Å². The number of hydrogen-bond acceptors (Lipinski definition) is 9. The lowest BCUT2D eigenvalue weighted by Crippen LogP contribution is -2.28. The molecule has 27 heavy (non-hydrogen) atoms. The van der Waals surface area contributed by atoms with Gasteiger partial charge in [0.2, 0.25) is 0 Å². The standard InChI is InChI=1S/C14H24N7O5P/c1-8(15)2-3-20-27(23,24)25-5-10-9(22)4-11(26-10)21-7-19-12-13(16)17-6-18-14(12)21/h6-11,22H,2-5,15H2,1H3,(H2,16,17,18)(H2,20,23,24)/t8?,9-,10+,11+/m0/s1. The van der Waals surface area contributed by atoms with Crippen LogP contribution in [0, 0.1) is 0 Å². The molecule has 0 bridgehead atoms. The van der Waals surface area contributed by atoms with Crippen LogP contribution in [0.2, 0.25) is 0 Å². The average molecular weight is 401 g/mol. The van der Waals surface area contributed by atoms with E-state index in [4.69, 9.17) is 20.7 Å². The van der Waals surface area contributed by atoms with Crippen LogP contribution in [-0.4, -0.2) is 60.9 Å². The second-order valence-electron chi connectivity index (χ2n) is 6.51. The lowest BCUT2D eigenvalue weighted by molar-refractivity contribution is -0.0400. The van der Waals surface area contributed by atoms with Gasteiger partial charge in [-0.2, -0.15) is 0 Å². The van der Waals surface area contributed by atoms with Crippen molar-refractivity contribution in [2.75, 3.05) is 18.9 Å². The van der Waals surface area contributed by atoms with Gasteiger partial charge in [-0.25, -0.2) is 24.6 Å². The number of nitrogen functional groups attached to an aromatic ring is 1. The molecule has 2 aromatic rings. The van der Waals surface area contributed by atoms with Crippen LogP contribution < -0.4 is 16.6 Å². The number of anilines is 1. The minimum absolute atomic E-state index is 0.0962. The Morgan fingerprint density at radius 1 is 1.52 bits per heavy atom. The van der Waals surface area contributed by atoms with Crippen molar-refractivity contribution >= 4 is 24.7 Å². The van der Waals surface area contributed by atoms with E-state index >= 15 is 0 Å². The van der Waals surface area contributed by atoms with Gasteiger partial charge in [-0.3, -0.25) is 9.09 Å². The Bertz CT molecular complexity index is 831. The van der Waals surface area contributed by atoms with Crippen molar-refractivity contribution < 1.29 is 23.8 Å². The molecular formula is C14H24N7O5P. The molecule has 12 nitrogen and oxygen atoms in total. The smallest absolute Gasteiger partial charge is 0.390 e. The molecule has 1 saturated heterocycles. The van der Waals surface area contributed by atoms with E-state index in [9.17, 15) is 14.6 Å². The van der Waals surface area contributed by atoms with Crippen LogP contribution in [0.15, 0.2) is 12.7 Å². The fraction of sp³-hybridized carbons (Fsp3) is 0.643.